The fourth-order valence-corrected chi connectivity index (χ4v) is 2.18. The summed E-state index contributed by atoms with van der Waals surface area (Å²) in [6.07, 6.45) is 0. The number of rotatable bonds is 6. The molecule has 112 valence electrons. The van der Waals surface area contributed by atoms with Crippen LogP contribution < -0.4 is 10.1 Å². The van der Waals surface area contributed by atoms with E-state index in [1.807, 2.05) is 12.1 Å². The van der Waals surface area contributed by atoms with E-state index in [2.05, 4.69) is 63.3 Å². The Kier molecular flexibility index (Phi) is 5.40. The van der Waals surface area contributed by atoms with Crippen LogP contribution in [0.3, 0.4) is 0 Å². The lowest BCUT2D eigenvalue weighted by molar-refractivity contribution is 0.465. The van der Waals surface area contributed by atoms with E-state index in [0.717, 1.165) is 30.2 Å². The Hall–Kier alpha value is -1.80. The number of hydrogen-bond acceptors (Lipinski definition) is 2. The van der Waals surface area contributed by atoms with Gasteiger partial charge in [-0.3, -0.25) is 0 Å². The van der Waals surface area contributed by atoms with Gasteiger partial charge in [0.25, 0.3) is 0 Å². The first-order valence-corrected chi connectivity index (χ1v) is 7.60. The Bertz CT molecular complexity index is 590. The molecule has 0 aliphatic carbocycles. The van der Waals surface area contributed by atoms with Crippen molar-refractivity contribution in [2.75, 3.05) is 6.54 Å². The maximum Gasteiger partial charge on any atom is 0.131 e. The van der Waals surface area contributed by atoms with Crippen LogP contribution in [0.4, 0.5) is 0 Å². The van der Waals surface area contributed by atoms with E-state index in [4.69, 9.17) is 4.74 Å². The van der Waals surface area contributed by atoms with Gasteiger partial charge >= 0.3 is 0 Å². The molecule has 21 heavy (non-hydrogen) atoms. The van der Waals surface area contributed by atoms with Gasteiger partial charge in [-0.2, -0.15) is 0 Å². The summed E-state index contributed by atoms with van der Waals surface area (Å²) in [5.41, 5.74) is 3.57. The number of nitrogens with one attached hydrogen (secondary N) is 1. The van der Waals surface area contributed by atoms with Crippen LogP contribution in [0.2, 0.25) is 0 Å². The van der Waals surface area contributed by atoms with E-state index in [1.165, 1.54) is 11.1 Å². The second-order valence-electron chi connectivity index (χ2n) is 6.00. The Balaban J connectivity index is 2.14. The van der Waals surface area contributed by atoms with Crippen LogP contribution in [0, 0.1) is 19.8 Å². The summed E-state index contributed by atoms with van der Waals surface area (Å²) in [5.74, 6) is 2.52. The molecule has 0 saturated carbocycles. The van der Waals surface area contributed by atoms with Crippen molar-refractivity contribution in [1.29, 1.82) is 0 Å². The van der Waals surface area contributed by atoms with Gasteiger partial charge < -0.3 is 10.1 Å². The van der Waals surface area contributed by atoms with Crippen LogP contribution in [-0.2, 0) is 6.54 Å². The monoisotopic (exact) mass is 283 g/mol. The topological polar surface area (TPSA) is 21.3 Å². The minimum Gasteiger partial charge on any atom is -0.457 e. The van der Waals surface area contributed by atoms with Gasteiger partial charge in [-0.15, -0.1) is 0 Å². The highest BCUT2D eigenvalue weighted by Crippen LogP contribution is 2.28. The molecule has 0 amide bonds. The van der Waals surface area contributed by atoms with Crippen LogP contribution in [-0.4, -0.2) is 6.54 Å². The van der Waals surface area contributed by atoms with Crippen LogP contribution in [0.5, 0.6) is 11.5 Å². The summed E-state index contributed by atoms with van der Waals surface area (Å²) in [6.45, 7) is 10.4. The first-order chi connectivity index (χ1) is 10.1. The Morgan fingerprint density at radius 1 is 1.00 bits per heavy atom. The molecule has 2 rings (SSSR count). The third-order valence-electron chi connectivity index (χ3n) is 3.40. The smallest absolute Gasteiger partial charge is 0.131 e. The van der Waals surface area contributed by atoms with Gasteiger partial charge in [0.15, 0.2) is 0 Å². The van der Waals surface area contributed by atoms with Crippen molar-refractivity contribution < 1.29 is 4.74 Å². The molecule has 0 unspecified atom stereocenters. The van der Waals surface area contributed by atoms with Crippen LogP contribution in [0.1, 0.15) is 30.5 Å². The van der Waals surface area contributed by atoms with E-state index < -0.39 is 0 Å². The average molecular weight is 283 g/mol. The van der Waals surface area contributed by atoms with E-state index in [0.29, 0.717) is 5.92 Å². The van der Waals surface area contributed by atoms with Crippen molar-refractivity contribution >= 4 is 0 Å². The Morgan fingerprint density at radius 3 is 2.52 bits per heavy atom. The van der Waals surface area contributed by atoms with Crippen molar-refractivity contribution in [3.8, 4) is 11.5 Å². The zero-order chi connectivity index (χ0) is 15.2. The van der Waals surface area contributed by atoms with Crippen LogP contribution >= 0.6 is 0 Å². The van der Waals surface area contributed by atoms with E-state index in [-0.39, 0.29) is 0 Å². The average Bonchev–Trinajstić information content (AvgIpc) is 2.44. The molecule has 0 bridgehead atoms. The van der Waals surface area contributed by atoms with Gasteiger partial charge in [-0.05, 0) is 49.6 Å². The van der Waals surface area contributed by atoms with Crippen molar-refractivity contribution in [2.24, 2.45) is 5.92 Å². The van der Waals surface area contributed by atoms with Gasteiger partial charge in [0.1, 0.15) is 11.5 Å². The third-order valence-corrected chi connectivity index (χ3v) is 3.40. The zero-order valence-corrected chi connectivity index (χ0v) is 13.4. The minimum absolute atomic E-state index is 0.650. The Labute approximate surface area is 128 Å². The quantitative estimate of drug-likeness (QED) is 0.819. The van der Waals surface area contributed by atoms with Gasteiger partial charge in [-0.25, -0.2) is 0 Å². The summed E-state index contributed by atoms with van der Waals surface area (Å²) in [5, 5.41) is 3.47. The summed E-state index contributed by atoms with van der Waals surface area (Å²) < 4.78 is 6.14. The van der Waals surface area contributed by atoms with Gasteiger partial charge in [0.2, 0.25) is 0 Å². The summed E-state index contributed by atoms with van der Waals surface area (Å²) in [6, 6.07) is 14.5. The predicted octanol–water partition coefficient (Wildman–Crippen LogP) is 4.84. The highest BCUT2D eigenvalue weighted by Gasteiger charge is 2.07. The fraction of sp³-hybridized carbons (Fsp3) is 0.368. The molecular weight excluding hydrogens is 258 g/mol. The molecule has 2 aromatic carbocycles. The van der Waals surface area contributed by atoms with Crippen molar-refractivity contribution in [3.63, 3.8) is 0 Å². The SMILES string of the molecule is Cc1ccc(C)c(Oc2ccccc2CNCC(C)C)c1. The maximum absolute atomic E-state index is 6.14. The molecule has 0 radical (unpaired) electrons. The lowest BCUT2D eigenvalue weighted by atomic mass is 10.1. The maximum atomic E-state index is 6.14. The van der Waals surface area contributed by atoms with Crippen molar-refractivity contribution in [2.45, 2.75) is 34.2 Å². The van der Waals surface area contributed by atoms with Gasteiger partial charge in [0.05, 0.1) is 0 Å². The first kappa shape index (κ1) is 15.6. The molecule has 0 aromatic heterocycles. The number of para-hydroxylation sites is 1. The Morgan fingerprint density at radius 2 is 1.76 bits per heavy atom. The van der Waals surface area contributed by atoms with Crippen molar-refractivity contribution in [3.05, 3.63) is 59.2 Å². The molecule has 0 saturated heterocycles. The van der Waals surface area contributed by atoms with Crippen LogP contribution in [0.25, 0.3) is 0 Å². The summed E-state index contributed by atoms with van der Waals surface area (Å²) >= 11 is 0. The number of hydrogen-bond donors (Lipinski definition) is 1. The standard InChI is InChI=1S/C19H25NO/c1-14(2)12-20-13-17-7-5-6-8-18(17)21-19-11-15(3)9-10-16(19)4/h5-11,14,20H,12-13H2,1-4H3. The molecule has 0 spiro atoms. The molecule has 0 heterocycles. The molecule has 0 aliphatic heterocycles. The minimum atomic E-state index is 0.650. The van der Waals surface area contributed by atoms with Gasteiger partial charge in [0, 0.05) is 12.1 Å². The summed E-state index contributed by atoms with van der Waals surface area (Å²) in [4.78, 5) is 0. The van der Waals surface area contributed by atoms with Crippen molar-refractivity contribution in [1.82, 2.24) is 5.32 Å². The highest BCUT2D eigenvalue weighted by atomic mass is 16.5. The molecule has 0 fully saturated rings. The molecule has 2 aromatic rings. The number of ether oxygens (including phenoxy) is 1. The second kappa shape index (κ2) is 7.28. The molecule has 1 N–H and O–H groups in total. The lowest BCUT2D eigenvalue weighted by Crippen LogP contribution is -2.19. The molecule has 0 aliphatic rings. The second-order valence-corrected chi connectivity index (χ2v) is 6.00. The third kappa shape index (κ3) is 4.61. The molecule has 2 nitrogen and oxygen atoms in total. The van der Waals surface area contributed by atoms with Gasteiger partial charge in [-0.1, -0.05) is 44.2 Å². The zero-order valence-electron chi connectivity index (χ0n) is 13.4. The molecule has 2 heteroatoms. The number of benzene rings is 2. The fourth-order valence-electron chi connectivity index (χ4n) is 2.18. The first-order valence-electron chi connectivity index (χ1n) is 7.60. The predicted molar refractivity (Wildman–Crippen MR) is 89.0 cm³/mol. The van der Waals surface area contributed by atoms with E-state index in [1.54, 1.807) is 0 Å². The molecular formula is C19H25NO. The van der Waals surface area contributed by atoms with E-state index >= 15 is 0 Å². The largest absolute Gasteiger partial charge is 0.457 e. The lowest BCUT2D eigenvalue weighted by Gasteiger charge is -2.14. The molecule has 0 atom stereocenters. The van der Waals surface area contributed by atoms with E-state index in [9.17, 15) is 0 Å². The highest BCUT2D eigenvalue weighted by molar-refractivity contribution is 5.42. The van der Waals surface area contributed by atoms with Crippen LogP contribution in [0.15, 0.2) is 42.5 Å². The number of aryl methyl sites for hydroxylation is 2. The normalized spacial score (nSPS) is 10.9. The summed E-state index contributed by atoms with van der Waals surface area (Å²) in [7, 11) is 0.